The monoisotopic (exact) mass is 606 g/mol. The molecule has 0 spiro atoms. The maximum atomic E-state index is 13.2. The second kappa shape index (κ2) is 10.2. The first-order valence-corrected chi connectivity index (χ1v) is 12.6. The number of carbonyl (C=O) groups is 2. The van der Waals surface area contributed by atoms with Crippen molar-refractivity contribution in [1.82, 2.24) is 19.9 Å². The lowest BCUT2D eigenvalue weighted by molar-refractivity contribution is 0.0531. The van der Waals surface area contributed by atoms with Crippen LogP contribution in [0.2, 0.25) is 0 Å². The molecule has 0 aliphatic rings. The average molecular weight is 606 g/mol. The van der Waals surface area contributed by atoms with Crippen molar-refractivity contribution in [2.75, 3.05) is 6.61 Å². The van der Waals surface area contributed by atoms with Gasteiger partial charge in [0, 0.05) is 15.7 Å². The fourth-order valence-electron chi connectivity index (χ4n) is 3.28. The quantitative estimate of drug-likeness (QED) is 0.190. The van der Waals surface area contributed by atoms with Crippen molar-refractivity contribution >= 4 is 68.9 Å². The number of aromatic nitrogens is 3. The predicted octanol–water partition coefficient (Wildman–Crippen LogP) is 4.52. The largest absolute Gasteiger partial charge is 0.462 e. The van der Waals surface area contributed by atoms with Gasteiger partial charge >= 0.3 is 5.97 Å². The van der Waals surface area contributed by atoms with E-state index in [2.05, 4.69) is 37.9 Å². The van der Waals surface area contributed by atoms with Gasteiger partial charge < -0.3 is 15.0 Å². The molecular weight excluding hydrogens is 587 g/mol. The fraction of sp³-hybridized carbons (Fsp3) is 0.174. The van der Waals surface area contributed by atoms with Crippen LogP contribution in [0.1, 0.15) is 38.2 Å². The second-order valence-corrected chi connectivity index (χ2v) is 9.88. The highest BCUT2D eigenvalue weighted by atomic mass is 127. The van der Waals surface area contributed by atoms with Gasteiger partial charge in [0.15, 0.2) is 9.90 Å². The van der Waals surface area contributed by atoms with E-state index in [4.69, 9.17) is 17.0 Å². The number of hydrogen-bond acceptors (Lipinski definition) is 7. The van der Waals surface area contributed by atoms with E-state index in [1.807, 2.05) is 24.3 Å². The van der Waals surface area contributed by atoms with Crippen molar-refractivity contribution in [3.05, 3.63) is 82.9 Å². The lowest BCUT2D eigenvalue weighted by atomic mass is 10.1. The van der Waals surface area contributed by atoms with Gasteiger partial charge in [-0.3, -0.25) is 9.59 Å². The number of carbonyl (C=O) groups excluding carboxylic acids is 2. The molecule has 0 atom stereocenters. The Morgan fingerprint density at radius 3 is 2.68 bits per heavy atom. The van der Waals surface area contributed by atoms with Crippen LogP contribution in [0.25, 0.3) is 16.0 Å². The fourth-order valence-corrected chi connectivity index (χ4v) is 4.95. The molecule has 0 saturated carbocycles. The van der Waals surface area contributed by atoms with Crippen molar-refractivity contribution in [1.29, 1.82) is 0 Å². The molecule has 0 fully saturated rings. The number of esters is 1. The number of aromatic amines is 1. The van der Waals surface area contributed by atoms with Crippen molar-refractivity contribution in [3.63, 3.8) is 0 Å². The molecule has 0 aliphatic heterocycles. The second-order valence-electron chi connectivity index (χ2n) is 7.27. The summed E-state index contributed by atoms with van der Waals surface area (Å²) in [5, 5.41) is 3.49. The Kier molecular flexibility index (Phi) is 7.24. The number of benzene rings is 2. The summed E-state index contributed by atoms with van der Waals surface area (Å²) in [6.07, 6.45) is 0. The summed E-state index contributed by atoms with van der Waals surface area (Å²) >= 11 is 8.67. The molecule has 8 nitrogen and oxygen atoms in total. The van der Waals surface area contributed by atoms with Crippen LogP contribution in [0.5, 0.6) is 0 Å². The molecule has 2 aromatic heterocycles. The maximum Gasteiger partial charge on any atom is 0.350 e. The third-order valence-corrected chi connectivity index (χ3v) is 7.09. The molecule has 34 heavy (non-hydrogen) atoms. The van der Waals surface area contributed by atoms with Gasteiger partial charge in [-0.15, -0.1) is 0 Å². The van der Waals surface area contributed by atoms with Crippen LogP contribution in [-0.2, 0) is 11.3 Å². The van der Waals surface area contributed by atoms with Crippen molar-refractivity contribution in [2.24, 2.45) is 0 Å². The number of halogens is 1. The summed E-state index contributed by atoms with van der Waals surface area (Å²) in [6, 6.07) is 12.6. The SMILES string of the molecule is CCOC(=O)c1sc(-n2c(=S)[nH]c3cc(C(=O)NCc4ccc(I)cc4)ccc3c2=O)nc1C. The van der Waals surface area contributed by atoms with E-state index in [0.717, 1.165) is 20.5 Å². The van der Waals surface area contributed by atoms with Crippen LogP contribution in [0.15, 0.2) is 47.3 Å². The third kappa shape index (κ3) is 4.95. The molecule has 2 heterocycles. The zero-order valence-corrected chi connectivity index (χ0v) is 22.0. The molecule has 2 N–H and O–H groups in total. The molecule has 1 amide bonds. The Labute approximate surface area is 217 Å². The van der Waals surface area contributed by atoms with Crippen LogP contribution in [0.3, 0.4) is 0 Å². The predicted molar refractivity (Wildman–Crippen MR) is 141 cm³/mol. The standard InChI is InChI=1S/C23H19IN4O4S2/c1-3-32-21(31)18-12(2)26-23(34-18)28-20(30)16-9-6-14(10-17(16)27-22(28)33)19(29)25-11-13-4-7-15(24)8-5-13/h4-10H,3,11H2,1-2H3,(H,25,29)(H,27,33). The zero-order valence-electron chi connectivity index (χ0n) is 18.2. The Morgan fingerprint density at radius 2 is 1.97 bits per heavy atom. The maximum absolute atomic E-state index is 13.2. The Morgan fingerprint density at radius 1 is 1.24 bits per heavy atom. The Balaban J connectivity index is 1.64. The lowest BCUT2D eigenvalue weighted by Crippen LogP contribution is -2.24. The first-order chi connectivity index (χ1) is 16.3. The van der Waals surface area contributed by atoms with Crippen molar-refractivity contribution < 1.29 is 14.3 Å². The summed E-state index contributed by atoms with van der Waals surface area (Å²) in [5.41, 5.74) is 1.88. The van der Waals surface area contributed by atoms with Crippen LogP contribution in [0, 0.1) is 15.3 Å². The van der Waals surface area contributed by atoms with E-state index < -0.39 is 11.5 Å². The lowest BCUT2D eigenvalue weighted by Gasteiger charge is -2.08. The number of thiazole rings is 1. The van der Waals surface area contributed by atoms with E-state index in [-0.39, 0.29) is 22.4 Å². The normalized spacial score (nSPS) is 10.9. The van der Waals surface area contributed by atoms with Gasteiger partial charge in [-0.2, -0.15) is 0 Å². The average Bonchev–Trinajstić information content (AvgIpc) is 3.19. The minimum absolute atomic E-state index is 0.109. The first kappa shape index (κ1) is 24.2. The number of nitrogens with one attached hydrogen (secondary N) is 2. The summed E-state index contributed by atoms with van der Waals surface area (Å²) < 4.78 is 7.52. The van der Waals surface area contributed by atoms with E-state index in [0.29, 0.717) is 33.6 Å². The summed E-state index contributed by atoms with van der Waals surface area (Å²) in [7, 11) is 0. The number of nitrogens with zero attached hydrogens (tertiary/aromatic N) is 2. The molecule has 11 heteroatoms. The molecule has 4 aromatic rings. The number of hydrogen-bond donors (Lipinski definition) is 2. The minimum atomic E-state index is -0.492. The minimum Gasteiger partial charge on any atom is -0.462 e. The number of amides is 1. The molecule has 0 aliphatic carbocycles. The van der Waals surface area contributed by atoms with E-state index in [9.17, 15) is 14.4 Å². The van der Waals surface area contributed by atoms with E-state index in [1.165, 1.54) is 4.57 Å². The number of H-pyrrole nitrogens is 1. The Hall–Kier alpha value is -2.90. The molecular formula is C23H19IN4O4S2. The van der Waals surface area contributed by atoms with Gasteiger partial charge in [0.05, 0.1) is 23.2 Å². The summed E-state index contributed by atoms with van der Waals surface area (Å²) in [5.74, 6) is -0.757. The highest BCUT2D eigenvalue weighted by molar-refractivity contribution is 14.1. The van der Waals surface area contributed by atoms with E-state index in [1.54, 1.807) is 32.0 Å². The highest BCUT2D eigenvalue weighted by Crippen LogP contribution is 2.23. The smallest absolute Gasteiger partial charge is 0.350 e. The molecule has 174 valence electrons. The highest BCUT2D eigenvalue weighted by Gasteiger charge is 2.19. The van der Waals surface area contributed by atoms with Crippen LogP contribution >= 0.6 is 46.1 Å². The third-order valence-electron chi connectivity index (χ3n) is 4.96. The van der Waals surface area contributed by atoms with Gasteiger partial charge in [-0.05, 0) is 84.6 Å². The summed E-state index contributed by atoms with van der Waals surface area (Å²) in [6.45, 7) is 4.02. The van der Waals surface area contributed by atoms with Crippen LogP contribution in [-0.4, -0.2) is 33.0 Å². The zero-order chi connectivity index (χ0) is 24.4. The number of rotatable bonds is 6. The number of fused-ring (bicyclic) bond motifs is 1. The number of aryl methyl sites for hydroxylation is 1. The molecule has 0 unspecified atom stereocenters. The van der Waals surface area contributed by atoms with Crippen molar-refractivity contribution in [3.8, 4) is 5.13 Å². The molecule has 4 rings (SSSR count). The molecule has 0 saturated heterocycles. The van der Waals surface area contributed by atoms with Gasteiger partial charge in [-0.1, -0.05) is 23.5 Å². The van der Waals surface area contributed by atoms with Crippen LogP contribution < -0.4 is 10.9 Å². The van der Waals surface area contributed by atoms with Gasteiger partial charge in [0.1, 0.15) is 4.88 Å². The molecule has 0 radical (unpaired) electrons. The number of ether oxygens (including phenoxy) is 1. The van der Waals surface area contributed by atoms with E-state index >= 15 is 0 Å². The van der Waals surface area contributed by atoms with Crippen LogP contribution in [0.4, 0.5) is 0 Å². The van der Waals surface area contributed by atoms with Crippen molar-refractivity contribution in [2.45, 2.75) is 20.4 Å². The first-order valence-electron chi connectivity index (χ1n) is 10.2. The molecule has 2 aromatic carbocycles. The molecule has 0 bridgehead atoms. The Bertz CT molecular complexity index is 1520. The topological polar surface area (TPSA) is 106 Å². The van der Waals surface area contributed by atoms with Gasteiger partial charge in [0.25, 0.3) is 11.5 Å². The van der Waals surface area contributed by atoms with Gasteiger partial charge in [0.2, 0.25) is 0 Å². The summed E-state index contributed by atoms with van der Waals surface area (Å²) in [4.78, 5) is 45.7. The van der Waals surface area contributed by atoms with Gasteiger partial charge in [-0.25, -0.2) is 14.3 Å².